The Morgan fingerprint density at radius 3 is 2.00 bits per heavy atom. The highest BCUT2D eigenvalue weighted by Crippen LogP contribution is 2.28. The minimum Gasteiger partial charge on any atom is -0.346 e. The average Bonchev–Trinajstić information content (AvgIpc) is 2.76. The van der Waals surface area contributed by atoms with E-state index in [9.17, 15) is 13.2 Å². The van der Waals surface area contributed by atoms with E-state index >= 15 is 0 Å². The maximum absolute atomic E-state index is 12.7. The van der Waals surface area contributed by atoms with Gasteiger partial charge in [-0.15, -0.1) is 0 Å². The Kier molecular flexibility index (Phi) is 8.05. The fraction of sp³-hybridized carbons (Fsp3) is 0.240. The molecular weight excluding hydrogens is 479 g/mol. The molecule has 0 fully saturated rings. The van der Waals surface area contributed by atoms with Gasteiger partial charge in [-0.25, -0.2) is 8.42 Å². The van der Waals surface area contributed by atoms with Gasteiger partial charge in [0.2, 0.25) is 10.0 Å². The Morgan fingerprint density at radius 1 is 0.939 bits per heavy atom. The van der Waals surface area contributed by atoms with Crippen LogP contribution >= 0.6 is 23.2 Å². The minimum absolute atomic E-state index is 0.0809. The van der Waals surface area contributed by atoms with Crippen molar-refractivity contribution in [1.29, 1.82) is 0 Å². The Bertz CT molecular complexity index is 1210. The van der Waals surface area contributed by atoms with Crippen molar-refractivity contribution in [1.82, 2.24) is 5.32 Å². The highest BCUT2D eigenvalue weighted by molar-refractivity contribution is 7.92. The van der Waals surface area contributed by atoms with Gasteiger partial charge < -0.3 is 5.32 Å². The lowest BCUT2D eigenvalue weighted by Crippen LogP contribution is -2.29. The number of rotatable bonds is 8. The zero-order chi connectivity index (χ0) is 24.2. The SMILES string of the molecule is CCc1ccc(C(C)NC(=O)c2ccc(CN(c3cc(Cl)cc(Cl)c3)S(C)(=O)=O)cc2)cc1. The van der Waals surface area contributed by atoms with E-state index in [0.29, 0.717) is 21.3 Å². The van der Waals surface area contributed by atoms with Gasteiger partial charge in [-0.1, -0.05) is 66.5 Å². The molecule has 1 unspecified atom stereocenters. The van der Waals surface area contributed by atoms with Crippen molar-refractivity contribution in [2.75, 3.05) is 10.6 Å². The first kappa shape index (κ1) is 25.1. The van der Waals surface area contributed by atoms with Crippen LogP contribution < -0.4 is 9.62 Å². The van der Waals surface area contributed by atoms with Gasteiger partial charge in [-0.05, 0) is 60.4 Å². The minimum atomic E-state index is -3.59. The number of nitrogens with one attached hydrogen (secondary N) is 1. The van der Waals surface area contributed by atoms with Crippen LogP contribution in [0, 0.1) is 0 Å². The van der Waals surface area contributed by atoms with Gasteiger partial charge in [-0.3, -0.25) is 9.10 Å². The van der Waals surface area contributed by atoms with E-state index in [2.05, 4.69) is 24.4 Å². The van der Waals surface area contributed by atoms with E-state index in [4.69, 9.17) is 23.2 Å². The normalized spacial score (nSPS) is 12.3. The zero-order valence-corrected chi connectivity index (χ0v) is 21.0. The monoisotopic (exact) mass is 504 g/mol. The number of hydrogen-bond donors (Lipinski definition) is 1. The first-order valence-corrected chi connectivity index (χ1v) is 13.1. The summed E-state index contributed by atoms with van der Waals surface area (Å²) in [5.41, 5.74) is 3.86. The molecular formula is C25H26Cl2N2O3S. The Labute approximate surface area is 205 Å². The Hall–Kier alpha value is -2.54. The van der Waals surface area contributed by atoms with Crippen molar-refractivity contribution in [2.45, 2.75) is 32.9 Å². The second kappa shape index (κ2) is 10.6. The van der Waals surface area contributed by atoms with Crippen LogP contribution in [0.15, 0.2) is 66.7 Å². The maximum atomic E-state index is 12.7. The average molecular weight is 505 g/mol. The molecule has 5 nitrogen and oxygen atoms in total. The summed E-state index contributed by atoms with van der Waals surface area (Å²) in [5.74, 6) is -0.199. The van der Waals surface area contributed by atoms with Crippen LogP contribution in [-0.2, 0) is 23.0 Å². The molecule has 1 amide bonds. The lowest BCUT2D eigenvalue weighted by molar-refractivity contribution is 0.0940. The van der Waals surface area contributed by atoms with Crippen molar-refractivity contribution >= 4 is 44.8 Å². The molecule has 0 bridgehead atoms. The summed E-state index contributed by atoms with van der Waals surface area (Å²) in [6.45, 7) is 4.12. The molecule has 0 radical (unpaired) electrons. The third kappa shape index (κ3) is 6.73. The number of carbonyl (C=O) groups excluding carboxylic acids is 1. The van der Waals surface area contributed by atoms with Crippen molar-refractivity contribution in [3.8, 4) is 0 Å². The molecule has 3 aromatic carbocycles. The summed E-state index contributed by atoms with van der Waals surface area (Å²) >= 11 is 12.1. The second-order valence-corrected chi connectivity index (χ2v) is 10.7. The molecule has 33 heavy (non-hydrogen) atoms. The summed E-state index contributed by atoms with van der Waals surface area (Å²) < 4.78 is 26.0. The molecule has 0 saturated carbocycles. The van der Waals surface area contributed by atoms with Gasteiger partial charge in [-0.2, -0.15) is 0 Å². The Balaban J connectivity index is 1.73. The number of anilines is 1. The summed E-state index contributed by atoms with van der Waals surface area (Å²) in [6, 6.07) is 19.5. The van der Waals surface area contributed by atoms with Gasteiger partial charge >= 0.3 is 0 Å². The van der Waals surface area contributed by atoms with Crippen molar-refractivity contribution < 1.29 is 13.2 Å². The van der Waals surface area contributed by atoms with E-state index in [1.807, 2.05) is 19.1 Å². The smallest absolute Gasteiger partial charge is 0.251 e. The predicted molar refractivity (Wildman–Crippen MR) is 136 cm³/mol. The van der Waals surface area contributed by atoms with E-state index in [1.165, 1.54) is 9.87 Å². The molecule has 3 rings (SSSR count). The number of amides is 1. The molecule has 0 aliphatic rings. The number of carbonyl (C=O) groups is 1. The zero-order valence-electron chi connectivity index (χ0n) is 18.7. The summed E-state index contributed by atoms with van der Waals surface area (Å²) in [6.07, 6.45) is 2.09. The molecule has 0 heterocycles. The van der Waals surface area contributed by atoms with Crippen LogP contribution in [0.5, 0.6) is 0 Å². The van der Waals surface area contributed by atoms with Crippen molar-refractivity contribution in [3.05, 3.63) is 99.0 Å². The van der Waals surface area contributed by atoms with Crippen LogP contribution in [0.4, 0.5) is 5.69 Å². The molecule has 8 heteroatoms. The van der Waals surface area contributed by atoms with Crippen LogP contribution in [0.2, 0.25) is 10.0 Å². The van der Waals surface area contributed by atoms with E-state index in [0.717, 1.165) is 23.8 Å². The number of hydrogen-bond acceptors (Lipinski definition) is 3. The fourth-order valence-corrected chi connectivity index (χ4v) is 4.80. The standard InChI is InChI=1S/C25H26Cl2N2O3S/c1-4-18-5-9-20(10-6-18)17(2)28-25(30)21-11-7-19(8-12-21)16-29(33(3,31)32)24-14-22(26)13-23(27)15-24/h5-15,17H,4,16H2,1-3H3,(H,28,30). The van der Waals surface area contributed by atoms with E-state index in [-0.39, 0.29) is 18.5 Å². The van der Waals surface area contributed by atoms with Crippen LogP contribution in [0.1, 0.15) is 46.9 Å². The number of sulfonamides is 1. The van der Waals surface area contributed by atoms with Crippen molar-refractivity contribution in [2.24, 2.45) is 0 Å². The highest BCUT2D eigenvalue weighted by atomic mass is 35.5. The van der Waals surface area contributed by atoms with Gasteiger partial charge in [0.15, 0.2) is 0 Å². The number of nitrogens with zero attached hydrogens (tertiary/aromatic N) is 1. The number of benzene rings is 3. The third-order valence-corrected chi connectivity index (χ3v) is 6.89. The summed E-state index contributed by atoms with van der Waals surface area (Å²) in [7, 11) is -3.59. The lowest BCUT2D eigenvalue weighted by atomic mass is 10.0. The molecule has 0 spiro atoms. The topological polar surface area (TPSA) is 66.5 Å². The molecule has 0 aromatic heterocycles. The van der Waals surface area contributed by atoms with E-state index in [1.54, 1.807) is 42.5 Å². The second-order valence-electron chi connectivity index (χ2n) is 7.88. The largest absolute Gasteiger partial charge is 0.346 e. The van der Waals surface area contributed by atoms with Crippen LogP contribution in [0.3, 0.4) is 0 Å². The molecule has 0 saturated heterocycles. The van der Waals surface area contributed by atoms with Gasteiger partial charge in [0.1, 0.15) is 0 Å². The summed E-state index contributed by atoms with van der Waals surface area (Å²) in [4.78, 5) is 12.7. The quantitative estimate of drug-likeness (QED) is 0.408. The lowest BCUT2D eigenvalue weighted by Gasteiger charge is -2.23. The van der Waals surface area contributed by atoms with E-state index < -0.39 is 10.0 Å². The molecule has 174 valence electrons. The highest BCUT2D eigenvalue weighted by Gasteiger charge is 2.19. The molecule has 1 atom stereocenters. The fourth-order valence-electron chi connectivity index (χ4n) is 3.42. The molecule has 1 N–H and O–H groups in total. The van der Waals surface area contributed by atoms with Gasteiger partial charge in [0.25, 0.3) is 5.91 Å². The molecule has 3 aromatic rings. The first-order chi connectivity index (χ1) is 15.6. The molecule has 0 aliphatic carbocycles. The molecule has 0 aliphatic heterocycles. The maximum Gasteiger partial charge on any atom is 0.251 e. The first-order valence-electron chi connectivity index (χ1n) is 10.5. The van der Waals surface area contributed by atoms with Gasteiger partial charge in [0.05, 0.1) is 24.5 Å². The van der Waals surface area contributed by atoms with Crippen molar-refractivity contribution in [3.63, 3.8) is 0 Å². The predicted octanol–water partition coefficient (Wildman–Crippen LogP) is 6.01. The number of halogens is 2. The van der Waals surface area contributed by atoms with Crippen LogP contribution in [-0.4, -0.2) is 20.6 Å². The Morgan fingerprint density at radius 2 is 1.48 bits per heavy atom. The van der Waals surface area contributed by atoms with Gasteiger partial charge in [0, 0.05) is 15.6 Å². The third-order valence-electron chi connectivity index (χ3n) is 5.31. The summed E-state index contributed by atoms with van der Waals surface area (Å²) in [5, 5.41) is 3.69. The van der Waals surface area contributed by atoms with Crippen LogP contribution in [0.25, 0.3) is 0 Å². The number of aryl methyl sites for hydroxylation is 1.